The number of ether oxygens (including phenoxy) is 1. The number of hydrogen-bond donors (Lipinski definition) is 3. The third-order valence-corrected chi connectivity index (χ3v) is 3.83. The zero-order valence-electron chi connectivity index (χ0n) is 13.8. The highest BCUT2D eigenvalue weighted by Gasteiger charge is 2.14. The van der Waals surface area contributed by atoms with Crippen LogP contribution in [0.15, 0.2) is 42.5 Å². The number of carbonyl (C=O) groups excluding carboxylic acids is 1. The number of aliphatic hydroxyl groups excluding tert-OH is 1. The number of methoxy groups -OCH3 is 1. The molecule has 2 aromatic carbocycles. The maximum atomic E-state index is 11.7. The SMILES string of the molecule is COC(=O)c1ccc2c(c1)nc(Nc1ccc(O)cc1)n2CCCO. The number of nitrogens with one attached hydrogen (secondary N) is 1. The maximum absolute atomic E-state index is 11.7. The lowest BCUT2D eigenvalue weighted by atomic mass is 10.2. The Morgan fingerprint density at radius 1 is 1.24 bits per heavy atom. The molecule has 3 N–H and O–H groups in total. The predicted octanol–water partition coefficient (Wildman–Crippen LogP) is 2.65. The summed E-state index contributed by atoms with van der Waals surface area (Å²) in [6.45, 7) is 0.642. The molecule has 0 aliphatic heterocycles. The summed E-state index contributed by atoms with van der Waals surface area (Å²) in [5.41, 5.74) is 2.70. The molecule has 0 radical (unpaired) electrons. The summed E-state index contributed by atoms with van der Waals surface area (Å²) in [6.07, 6.45) is 0.578. The minimum Gasteiger partial charge on any atom is -0.508 e. The maximum Gasteiger partial charge on any atom is 0.337 e. The van der Waals surface area contributed by atoms with Crippen LogP contribution in [-0.4, -0.2) is 39.5 Å². The summed E-state index contributed by atoms with van der Waals surface area (Å²) >= 11 is 0. The smallest absolute Gasteiger partial charge is 0.337 e. The number of anilines is 2. The highest BCUT2D eigenvalue weighted by molar-refractivity contribution is 5.94. The summed E-state index contributed by atoms with van der Waals surface area (Å²) in [4.78, 5) is 16.3. The van der Waals surface area contributed by atoms with Gasteiger partial charge in [-0.2, -0.15) is 0 Å². The molecule has 7 heteroatoms. The number of hydrogen-bond acceptors (Lipinski definition) is 6. The van der Waals surface area contributed by atoms with Gasteiger partial charge in [0, 0.05) is 18.8 Å². The van der Waals surface area contributed by atoms with Gasteiger partial charge >= 0.3 is 5.97 Å². The van der Waals surface area contributed by atoms with Crippen LogP contribution in [0.5, 0.6) is 5.75 Å². The van der Waals surface area contributed by atoms with Gasteiger partial charge < -0.3 is 24.8 Å². The van der Waals surface area contributed by atoms with Gasteiger partial charge in [-0.25, -0.2) is 9.78 Å². The number of imidazole rings is 1. The number of rotatable bonds is 6. The van der Waals surface area contributed by atoms with Gasteiger partial charge in [0.2, 0.25) is 5.95 Å². The number of nitrogens with zero attached hydrogens (tertiary/aromatic N) is 2. The molecule has 0 saturated heterocycles. The first kappa shape index (κ1) is 16.8. The van der Waals surface area contributed by atoms with Gasteiger partial charge in [-0.1, -0.05) is 0 Å². The van der Waals surface area contributed by atoms with Gasteiger partial charge in [-0.05, 0) is 48.9 Å². The Morgan fingerprint density at radius 2 is 2.00 bits per heavy atom. The molecule has 3 rings (SSSR count). The van der Waals surface area contributed by atoms with Crippen LogP contribution < -0.4 is 5.32 Å². The highest BCUT2D eigenvalue weighted by atomic mass is 16.5. The van der Waals surface area contributed by atoms with E-state index in [9.17, 15) is 9.90 Å². The second-order valence-electron chi connectivity index (χ2n) is 5.53. The molecule has 130 valence electrons. The third kappa shape index (κ3) is 3.56. The largest absolute Gasteiger partial charge is 0.508 e. The topological polar surface area (TPSA) is 96.6 Å². The minimum absolute atomic E-state index is 0.0680. The quantitative estimate of drug-likeness (QED) is 0.471. The molecule has 0 amide bonds. The van der Waals surface area contributed by atoms with Crippen molar-refractivity contribution in [3.8, 4) is 5.75 Å². The average Bonchev–Trinajstić information content (AvgIpc) is 2.97. The van der Waals surface area contributed by atoms with Gasteiger partial charge in [0.1, 0.15) is 5.75 Å². The molecular weight excluding hydrogens is 322 g/mol. The summed E-state index contributed by atoms with van der Waals surface area (Å²) < 4.78 is 6.69. The molecule has 0 aliphatic rings. The molecule has 0 spiro atoms. The molecule has 0 bridgehead atoms. The number of aliphatic hydroxyl groups is 1. The van der Waals surface area contributed by atoms with Gasteiger partial charge in [0.15, 0.2) is 0 Å². The number of aromatic hydroxyl groups is 1. The lowest BCUT2D eigenvalue weighted by molar-refractivity contribution is 0.0601. The number of esters is 1. The van der Waals surface area contributed by atoms with E-state index in [1.165, 1.54) is 7.11 Å². The Bertz CT molecular complexity index is 887. The lowest BCUT2D eigenvalue weighted by Crippen LogP contribution is -2.05. The molecule has 0 fully saturated rings. The minimum atomic E-state index is -0.417. The van der Waals surface area contributed by atoms with E-state index in [0.29, 0.717) is 30.0 Å². The third-order valence-electron chi connectivity index (χ3n) is 3.83. The van der Waals surface area contributed by atoms with Gasteiger partial charge in [0.25, 0.3) is 0 Å². The van der Waals surface area contributed by atoms with E-state index in [1.807, 2.05) is 10.6 Å². The van der Waals surface area contributed by atoms with Crippen molar-refractivity contribution >= 4 is 28.6 Å². The van der Waals surface area contributed by atoms with Crippen LogP contribution in [-0.2, 0) is 11.3 Å². The van der Waals surface area contributed by atoms with Crippen LogP contribution in [0.25, 0.3) is 11.0 Å². The van der Waals surface area contributed by atoms with Crippen molar-refractivity contribution < 1.29 is 19.7 Å². The molecule has 0 unspecified atom stereocenters. The number of phenolic OH excluding ortho intramolecular Hbond substituents is 1. The Balaban J connectivity index is 2.02. The molecule has 7 nitrogen and oxygen atoms in total. The number of aromatic nitrogens is 2. The fourth-order valence-electron chi connectivity index (χ4n) is 2.60. The summed E-state index contributed by atoms with van der Waals surface area (Å²) in [6, 6.07) is 11.8. The molecule has 25 heavy (non-hydrogen) atoms. The van der Waals surface area contributed by atoms with E-state index < -0.39 is 5.97 Å². The first-order valence-electron chi connectivity index (χ1n) is 7.88. The molecule has 0 aliphatic carbocycles. The summed E-state index contributed by atoms with van der Waals surface area (Å²) in [7, 11) is 1.34. The van der Waals surface area contributed by atoms with Crippen LogP contribution in [0.1, 0.15) is 16.8 Å². The van der Waals surface area contributed by atoms with E-state index >= 15 is 0 Å². The van der Waals surface area contributed by atoms with E-state index in [2.05, 4.69) is 10.3 Å². The van der Waals surface area contributed by atoms with Crippen molar-refractivity contribution in [2.24, 2.45) is 0 Å². The fraction of sp³-hybridized carbons (Fsp3) is 0.222. The molecule has 1 aromatic heterocycles. The predicted molar refractivity (Wildman–Crippen MR) is 94.2 cm³/mol. The van der Waals surface area contributed by atoms with Crippen molar-refractivity contribution in [3.63, 3.8) is 0 Å². The molecule has 3 aromatic rings. The van der Waals surface area contributed by atoms with Crippen LogP contribution in [0, 0.1) is 0 Å². The first-order valence-corrected chi connectivity index (χ1v) is 7.88. The van der Waals surface area contributed by atoms with E-state index in [0.717, 1.165) is 11.2 Å². The van der Waals surface area contributed by atoms with Gasteiger partial charge in [-0.3, -0.25) is 0 Å². The standard InChI is InChI=1S/C18H19N3O4/c1-25-17(24)12-3-8-16-15(11-12)20-18(21(16)9-2-10-22)19-13-4-6-14(23)7-5-13/h3-8,11,22-23H,2,9-10H2,1H3,(H,19,20). The summed E-state index contributed by atoms with van der Waals surface area (Å²) in [5.74, 6) is 0.359. The zero-order valence-corrected chi connectivity index (χ0v) is 13.8. The van der Waals surface area contributed by atoms with Crippen molar-refractivity contribution in [3.05, 3.63) is 48.0 Å². The number of fused-ring (bicyclic) bond motifs is 1. The molecule has 0 atom stereocenters. The molecule has 0 saturated carbocycles. The Labute approximate surface area is 144 Å². The van der Waals surface area contributed by atoms with Crippen LogP contribution in [0.2, 0.25) is 0 Å². The zero-order chi connectivity index (χ0) is 17.8. The van der Waals surface area contributed by atoms with Gasteiger partial charge in [0.05, 0.1) is 23.7 Å². The van der Waals surface area contributed by atoms with E-state index in [1.54, 1.807) is 36.4 Å². The monoisotopic (exact) mass is 341 g/mol. The Hall–Kier alpha value is -3.06. The highest BCUT2D eigenvalue weighted by Crippen LogP contribution is 2.25. The second kappa shape index (κ2) is 7.23. The van der Waals surface area contributed by atoms with Crippen molar-refractivity contribution in [2.45, 2.75) is 13.0 Å². The van der Waals surface area contributed by atoms with Crippen molar-refractivity contribution in [2.75, 3.05) is 19.0 Å². The average molecular weight is 341 g/mol. The number of carbonyl (C=O) groups is 1. The lowest BCUT2D eigenvalue weighted by Gasteiger charge is -2.10. The van der Waals surface area contributed by atoms with E-state index in [-0.39, 0.29) is 12.4 Å². The second-order valence-corrected chi connectivity index (χ2v) is 5.53. The Morgan fingerprint density at radius 3 is 2.68 bits per heavy atom. The van der Waals surface area contributed by atoms with Crippen LogP contribution >= 0.6 is 0 Å². The van der Waals surface area contributed by atoms with Gasteiger partial charge in [-0.15, -0.1) is 0 Å². The number of benzene rings is 2. The Kier molecular flexibility index (Phi) is 4.85. The number of aryl methyl sites for hydroxylation is 1. The normalized spacial score (nSPS) is 10.8. The molecular formula is C18H19N3O4. The summed E-state index contributed by atoms with van der Waals surface area (Å²) in [5, 5.41) is 21.8. The molecule has 1 heterocycles. The van der Waals surface area contributed by atoms with Crippen LogP contribution in [0.3, 0.4) is 0 Å². The van der Waals surface area contributed by atoms with Crippen molar-refractivity contribution in [1.82, 2.24) is 9.55 Å². The van der Waals surface area contributed by atoms with Crippen molar-refractivity contribution in [1.29, 1.82) is 0 Å². The fourth-order valence-corrected chi connectivity index (χ4v) is 2.60. The van der Waals surface area contributed by atoms with Crippen LogP contribution in [0.4, 0.5) is 11.6 Å². The number of phenols is 1. The van der Waals surface area contributed by atoms with E-state index in [4.69, 9.17) is 9.84 Å². The first-order chi connectivity index (χ1) is 12.1.